The molecule has 0 aliphatic carbocycles. The Kier molecular flexibility index (Phi) is 9.18. The molecular formula is C27H34F3N5O4. The summed E-state index contributed by atoms with van der Waals surface area (Å²) in [6.45, 7) is 6.46. The molecule has 1 fully saturated rings. The number of amides is 3. The second-order valence-corrected chi connectivity index (χ2v) is 10.4. The van der Waals surface area contributed by atoms with Crippen molar-refractivity contribution < 1.29 is 32.3 Å². The number of halogens is 3. The van der Waals surface area contributed by atoms with Gasteiger partial charge in [-0.05, 0) is 36.3 Å². The summed E-state index contributed by atoms with van der Waals surface area (Å²) in [5.41, 5.74) is 1.67. The Labute approximate surface area is 225 Å². The molecule has 2 heterocycles. The van der Waals surface area contributed by atoms with Crippen molar-refractivity contribution in [3.8, 4) is 11.3 Å². The lowest BCUT2D eigenvalue weighted by molar-refractivity contribution is -0.175. The highest BCUT2D eigenvalue weighted by Gasteiger charge is 2.46. The molecule has 3 atom stereocenters. The van der Waals surface area contributed by atoms with E-state index >= 15 is 0 Å². The third-order valence-electron chi connectivity index (χ3n) is 6.77. The minimum absolute atomic E-state index is 0.107. The number of Topliss-reactive ketones (excluding diaryl/α,β-unsaturated/α-hetero) is 1. The van der Waals surface area contributed by atoms with Crippen molar-refractivity contribution in [3.63, 3.8) is 0 Å². The maximum absolute atomic E-state index is 13.5. The van der Waals surface area contributed by atoms with E-state index < -0.39 is 53.7 Å². The zero-order valence-electron chi connectivity index (χ0n) is 22.6. The number of nitrogens with zero attached hydrogens (tertiary/aromatic N) is 3. The zero-order valence-corrected chi connectivity index (χ0v) is 22.6. The Hall–Kier alpha value is -3.70. The van der Waals surface area contributed by atoms with Crippen LogP contribution in [0.25, 0.3) is 11.3 Å². The van der Waals surface area contributed by atoms with Crippen molar-refractivity contribution >= 4 is 23.5 Å². The van der Waals surface area contributed by atoms with Crippen LogP contribution in [0.15, 0.2) is 36.4 Å². The van der Waals surface area contributed by atoms with Gasteiger partial charge in [0, 0.05) is 13.6 Å². The second kappa shape index (κ2) is 12.0. The molecule has 1 aliphatic heterocycles. The Morgan fingerprint density at radius 3 is 2.15 bits per heavy atom. The van der Waals surface area contributed by atoms with Crippen LogP contribution in [0.4, 0.5) is 13.2 Å². The minimum atomic E-state index is -5.10. The monoisotopic (exact) mass is 549 g/mol. The van der Waals surface area contributed by atoms with Crippen molar-refractivity contribution in [3.05, 3.63) is 42.1 Å². The maximum atomic E-state index is 13.5. The number of carbonyl (C=O) groups excluding carboxylic acids is 4. The van der Waals surface area contributed by atoms with E-state index in [0.717, 1.165) is 5.56 Å². The normalized spacial score (nSPS) is 17.3. The van der Waals surface area contributed by atoms with Gasteiger partial charge >= 0.3 is 6.18 Å². The molecule has 0 saturated carbocycles. The van der Waals surface area contributed by atoms with Crippen molar-refractivity contribution in [1.82, 2.24) is 25.3 Å². The largest absolute Gasteiger partial charge is 0.452 e. The molecule has 3 rings (SSSR count). The van der Waals surface area contributed by atoms with Crippen LogP contribution < -0.4 is 10.6 Å². The lowest BCUT2D eigenvalue weighted by Crippen LogP contribution is -2.58. The van der Waals surface area contributed by atoms with Crippen LogP contribution in [0.3, 0.4) is 0 Å². The Bertz CT molecular complexity index is 1210. The number of ketones is 1. The molecule has 39 heavy (non-hydrogen) atoms. The fourth-order valence-electron chi connectivity index (χ4n) is 4.63. The quantitative estimate of drug-likeness (QED) is 0.499. The summed E-state index contributed by atoms with van der Waals surface area (Å²) in [5.74, 6) is -5.15. The highest BCUT2D eigenvalue weighted by Crippen LogP contribution is 2.24. The van der Waals surface area contributed by atoms with Gasteiger partial charge in [0.05, 0.1) is 11.7 Å². The molecule has 3 amide bonds. The van der Waals surface area contributed by atoms with E-state index in [1.165, 1.54) is 18.7 Å². The maximum Gasteiger partial charge on any atom is 0.452 e. The molecule has 1 saturated heterocycles. The van der Waals surface area contributed by atoms with Gasteiger partial charge < -0.3 is 15.5 Å². The zero-order chi connectivity index (χ0) is 29.1. The first-order valence-electron chi connectivity index (χ1n) is 12.8. The summed E-state index contributed by atoms with van der Waals surface area (Å²) in [6.07, 6.45) is -4.43. The summed E-state index contributed by atoms with van der Waals surface area (Å²) in [5, 5.41) is 9.20. The highest BCUT2D eigenvalue weighted by molar-refractivity contribution is 5.99. The topological polar surface area (TPSA) is 113 Å². The molecule has 0 unspecified atom stereocenters. The van der Waals surface area contributed by atoms with E-state index in [9.17, 15) is 32.3 Å². The van der Waals surface area contributed by atoms with Crippen LogP contribution >= 0.6 is 0 Å². The number of aromatic nitrogens is 2. The van der Waals surface area contributed by atoms with Crippen LogP contribution in [0.1, 0.15) is 51.0 Å². The summed E-state index contributed by atoms with van der Waals surface area (Å²) in [7, 11) is 1.70. The van der Waals surface area contributed by atoms with Crippen LogP contribution in [0, 0.1) is 11.8 Å². The molecule has 1 aromatic carbocycles. The van der Waals surface area contributed by atoms with E-state index in [4.69, 9.17) is 0 Å². The molecule has 0 spiro atoms. The smallest absolute Gasteiger partial charge is 0.344 e. The Morgan fingerprint density at radius 1 is 0.974 bits per heavy atom. The first kappa shape index (κ1) is 29.9. The molecule has 0 bridgehead atoms. The fourth-order valence-corrected chi connectivity index (χ4v) is 4.63. The number of benzene rings is 1. The molecule has 2 aromatic rings. The summed E-state index contributed by atoms with van der Waals surface area (Å²) in [6, 6.07) is 7.13. The Balaban J connectivity index is 1.76. The van der Waals surface area contributed by atoms with Crippen molar-refractivity contribution in [1.29, 1.82) is 0 Å². The average Bonchev–Trinajstić information content (AvgIpc) is 3.51. The van der Waals surface area contributed by atoms with E-state index in [2.05, 4.69) is 15.7 Å². The van der Waals surface area contributed by atoms with Crippen molar-refractivity contribution in [2.45, 2.75) is 64.8 Å². The van der Waals surface area contributed by atoms with E-state index in [-0.39, 0.29) is 24.6 Å². The number of alkyl halides is 3. The molecule has 1 aliphatic rings. The standard InChI is InChI=1S/C27H34F3N5O4/c1-15(2)21(23(36)27(28,29)30)31-25(38)19-12-9-13-35(19)26(39)22(16(3)4)32-24(37)18-14-20(34(5)33-18)17-10-7-6-8-11-17/h6-8,10-11,14-16,19,21-22H,9,12-13H2,1-5H3,(H,31,38)(H,32,37)/t19-,21-,22-/m0/s1. The lowest BCUT2D eigenvalue weighted by Gasteiger charge is -2.31. The van der Waals surface area contributed by atoms with Crippen molar-refractivity contribution in [2.24, 2.45) is 18.9 Å². The van der Waals surface area contributed by atoms with Gasteiger partial charge in [-0.3, -0.25) is 23.9 Å². The highest BCUT2D eigenvalue weighted by atomic mass is 19.4. The number of hydrogen-bond donors (Lipinski definition) is 2. The predicted molar refractivity (Wildman–Crippen MR) is 137 cm³/mol. The number of rotatable bonds is 9. The average molecular weight is 550 g/mol. The van der Waals surface area contributed by atoms with E-state index in [1.54, 1.807) is 31.6 Å². The van der Waals surface area contributed by atoms with Gasteiger partial charge in [0.1, 0.15) is 12.1 Å². The third kappa shape index (κ3) is 6.85. The van der Waals surface area contributed by atoms with E-state index in [0.29, 0.717) is 12.1 Å². The number of hydrogen-bond acceptors (Lipinski definition) is 5. The number of aryl methyl sites for hydroxylation is 1. The molecular weight excluding hydrogens is 515 g/mol. The fraction of sp³-hybridized carbons (Fsp3) is 0.519. The molecule has 12 heteroatoms. The van der Waals surface area contributed by atoms with Gasteiger partial charge in [-0.1, -0.05) is 58.0 Å². The molecule has 0 radical (unpaired) electrons. The second-order valence-electron chi connectivity index (χ2n) is 10.4. The first-order chi connectivity index (χ1) is 18.2. The van der Waals surface area contributed by atoms with Crippen LogP contribution in [-0.2, 0) is 21.4 Å². The van der Waals surface area contributed by atoms with Gasteiger partial charge in [0.15, 0.2) is 5.69 Å². The summed E-state index contributed by atoms with van der Waals surface area (Å²) >= 11 is 0. The van der Waals surface area contributed by atoms with Gasteiger partial charge in [0.2, 0.25) is 11.8 Å². The number of likely N-dealkylation sites (tertiary alicyclic amines) is 1. The minimum Gasteiger partial charge on any atom is -0.344 e. The summed E-state index contributed by atoms with van der Waals surface area (Å²) in [4.78, 5) is 52.8. The van der Waals surface area contributed by atoms with Crippen LogP contribution in [-0.4, -0.2) is 69.0 Å². The van der Waals surface area contributed by atoms with E-state index in [1.807, 2.05) is 30.3 Å². The summed E-state index contributed by atoms with van der Waals surface area (Å²) < 4.78 is 40.7. The number of nitrogens with one attached hydrogen (secondary N) is 2. The third-order valence-corrected chi connectivity index (χ3v) is 6.77. The molecule has 2 N–H and O–H groups in total. The molecule has 212 valence electrons. The van der Waals surface area contributed by atoms with Gasteiger partial charge in [0.25, 0.3) is 11.7 Å². The van der Waals surface area contributed by atoms with Crippen molar-refractivity contribution in [2.75, 3.05) is 6.54 Å². The first-order valence-corrected chi connectivity index (χ1v) is 12.8. The van der Waals surface area contributed by atoms with Crippen LogP contribution in [0.2, 0.25) is 0 Å². The predicted octanol–water partition coefficient (Wildman–Crippen LogP) is 3.10. The molecule has 1 aromatic heterocycles. The van der Waals surface area contributed by atoms with Gasteiger partial charge in [-0.25, -0.2) is 0 Å². The SMILES string of the molecule is CC(C)[C@H](NC(=O)c1cc(-c2ccccc2)n(C)n1)C(=O)N1CCC[C@H]1C(=O)N[C@H](C(=O)C(F)(F)F)C(C)C. The number of carbonyl (C=O) groups is 4. The van der Waals surface area contributed by atoms with Gasteiger partial charge in [-0.2, -0.15) is 18.3 Å². The van der Waals surface area contributed by atoms with Crippen LogP contribution in [0.5, 0.6) is 0 Å². The van der Waals surface area contributed by atoms with Gasteiger partial charge in [-0.15, -0.1) is 0 Å². The Morgan fingerprint density at radius 2 is 1.59 bits per heavy atom. The molecule has 9 nitrogen and oxygen atoms in total. The lowest BCUT2D eigenvalue weighted by atomic mass is 9.98.